The molecule has 0 N–H and O–H groups in total. The summed E-state index contributed by atoms with van der Waals surface area (Å²) in [5.74, 6) is 0.649. The molecule has 5 heteroatoms. The van der Waals surface area contributed by atoms with Crippen molar-refractivity contribution in [2.45, 2.75) is 50.9 Å². The summed E-state index contributed by atoms with van der Waals surface area (Å²) in [5, 5.41) is 0. The van der Waals surface area contributed by atoms with Gasteiger partial charge in [-0.3, -0.25) is 9.59 Å². The van der Waals surface area contributed by atoms with Gasteiger partial charge < -0.3 is 14.7 Å². The molecule has 176 valence electrons. The van der Waals surface area contributed by atoms with E-state index in [2.05, 4.69) is 24.3 Å². The minimum absolute atomic E-state index is 0.0797. The fourth-order valence-electron chi connectivity index (χ4n) is 5.82. The van der Waals surface area contributed by atoms with Crippen molar-refractivity contribution < 1.29 is 9.59 Å². The summed E-state index contributed by atoms with van der Waals surface area (Å²) < 4.78 is 0. The highest BCUT2D eigenvalue weighted by Crippen LogP contribution is 2.52. The lowest BCUT2D eigenvalue weighted by Gasteiger charge is -2.40. The Morgan fingerprint density at radius 2 is 1.61 bits per heavy atom. The van der Waals surface area contributed by atoms with Crippen LogP contribution in [0.5, 0.6) is 0 Å². The largest absolute Gasteiger partial charge is 0.378 e. The predicted octanol–water partition coefficient (Wildman–Crippen LogP) is 4.67. The number of piperidine rings is 1. The van der Waals surface area contributed by atoms with Crippen molar-refractivity contribution in [1.82, 2.24) is 9.80 Å². The van der Waals surface area contributed by atoms with Gasteiger partial charge in [0.1, 0.15) is 0 Å². The quantitative estimate of drug-likeness (QED) is 0.646. The zero-order valence-electron chi connectivity index (χ0n) is 20.5. The lowest BCUT2D eigenvalue weighted by molar-refractivity contribution is -0.131. The number of benzene rings is 2. The molecular weight excluding hydrogens is 410 g/mol. The first-order valence-electron chi connectivity index (χ1n) is 12.3. The van der Waals surface area contributed by atoms with Crippen molar-refractivity contribution in [2.75, 3.05) is 45.2 Å². The molecule has 4 rings (SSSR count). The van der Waals surface area contributed by atoms with E-state index in [1.54, 1.807) is 0 Å². The molecule has 1 heterocycles. The van der Waals surface area contributed by atoms with Gasteiger partial charge >= 0.3 is 0 Å². The number of carbonyl (C=O) groups is 2. The van der Waals surface area contributed by atoms with Crippen molar-refractivity contribution in [3.8, 4) is 0 Å². The second-order valence-electron chi connectivity index (χ2n) is 9.77. The van der Waals surface area contributed by atoms with Crippen LogP contribution in [-0.2, 0) is 10.2 Å². The molecule has 1 fully saturated rings. The van der Waals surface area contributed by atoms with E-state index < -0.39 is 0 Å². The Bertz CT molecular complexity index is 986. The van der Waals surface area contributed by atoms with Gasteiger partial charge in [0.25, 0.3) is 5.91 Å². The standard InChI is InChI=1S/C28H37N3O2/c1-5-30(6-2)26(32)19-22-20-28(25-10-8-7-9-24(22)25)15-17-31(18-16-28)27(33)21-11-13-23(14-12-21)29(3)4/h7-14,22H,5-6,15-20H2,1-4H3. The van der Waals surface area contributed by atoms with Gasteiger partial charge in [0.2, 0.25) is 5.91 Å². The number of fused-ring (bicyclic) bond motifs is 2. The second kappa shape index (κ2) is 9.58. The number of likely N-dealkylation sites (tertiary alicyclic amines) is 1. The van der Waals surface area contributed by atoms with Gasteiger partial charge in [-0.25, -0.2) is 0 Å². The summed E-state index contributed by atoms with van der Waals surface area (Å²) in [4.78, 5) is 32.0. The molecule has 1 aliphatic heterocycles. The van der Waals surface area contributed by atoms with Gasteiger partial charge in [0, 0.05) is 57.9 Å². The first-order valence-corrected chi connectivity index (χ1v) is 12.3. The maximum absolute atomic E-state index is 13.1. The summed E-state index contributed by atoms with van der Waals surface area (Å²) in [5.41, 5.74) is 4.68. The maximum atomic E-state index is 13.1. The van der Waals surface area contributed by atoms with E-state index in [0.29, 0.717) is 6.42 Å². The van der Waals surface area contributed by atoms with E-state index in [4.69, 9.17) is 0 Å². The van der Waals surface area contributed by atoms with Crippen LogP contribution in [-0.4, -0.2) is 61.9 Å². The van der Waals surface area contributed by atoms with Crippen LogP contribution < -0.4 is 4.90 Å². The number of amides is 2. The monoisotopic (exact) mass is 447 g/mol. The number of hydrogen-bond acceptors (Lipinski definition) is 3. The Balaban J connectivity index is 1.47. The lowest BCUT2D eigenvalue weighted by atomic mass is 9.73. The van der Waals surface area contributed by atoms with E-state index >= 15 is 0 Å². The third-order valence-corrected chi connectivity index (χ3v) is 7.78. The highest BCUT2D eigenvalue weighted by Gasteiger charge is 2.46. The van der Waals surface area contributed by atoms with Crippen LogP contribution >= 0.6 is 0 Å². The number of hydrogen-bond donors (Lipinski definition) is 0. The van der Waals surface area contributed by atoms with E-state index in [1.807, 2.05) is 66.9 Å². The van der Waals surface area contributed by atoms with Crippen LogP contribution in [0.2, 0.25) is 0 Å². The fraction of sp³-hybridized carbons (Fsp3) is 0.500. The molecule has 1 saturated heterocycles. The van der Waals surface area contributed by atoms with Crippen LogP contribution in [0.4, 0.5) is 5.69 Å². The third kappa shape index (κ3) is 4.50. The second-order valence-corrected chi connectivity index (χ2v) is 9.77. The van der Waals surface area contributed by atoms with Gasteiger partial charge in [-0.1, -0.05) is 24.3 Å². The van der Waals surface area contributed by atoms with Crippen molar-refractivity contribution in [1.29, 1.82) is 0 Å². The van der Waals surface area contributed by atoms with Gasteiger partial charge in [-0.05, 0) is 79.8 Å². The van der Waals surface area contributed by atoms with Crippen molar-refractivity contribution >= 4 is 17.5 Å². The van der Waals surface area contributed by atoms with Crippen molar-refractivity contribution in [2.24, 2.45) is 0 Å². The van der Waals surface area contributed by atoms with Crippen LogP contribution in [0.1, 0.15) is 66.9 Å². The molecule has 0 saturated carbocycles. The molecule has 1 spiro atoms. The van der Waals surface area contributed by atoms with Gasteiger partial charge in [-0.2, -0.15) is 0 Å². The highest BCUT2D eigenvalue weighted by molar-refractivity contribution is 5.94. The Hall–Kier alpha value is -2.82. The van der Waals surface area contributed by atoms with E-state index in [-0.39, 0.29) is 23.1 Å². The maximum Gasteiger partial charge on any atom is 0.253 e. The Morgan fingerprint density at radius 3 is 2.21 bits per heavy atom. The normalized spacial score (nSPS) is 18.8. The molecule has 2 amide bonds. The molecule has 2 aromatic carbocycles. The van der Waals surface area contributed by atoms with Crippen LogP contribution in [0.3, 0.4) is 0 Å². The van der Waals surface area contributed by atoms with Gasteiger partial charge in [-0.15, -0.1) is 0 Å². The molecule has 1 aliphatic carbocycles. The molecule has 1 unspecified atom stereocenters. The molecule has 2 aromatic rings. The average molecular weight is 448 g/mol. The smallest absolute Gasteiger partial charge is 0.253 e. The molecule has 33 heavy (non-hydrogen) atoms. The zero-order chi connectivity index (χ0) is 23.6. The minimum Gasteiger partial charge on any atom is -0.378 e. The predicted molar refractivity (Wildman–Crippen MR) is 134 cm³/mol. The van der Waals surface area contributed by atoms with Gasteiger partial charge in [0.05, 0.1) is 0 Å². The van der Waals surface area contributed by atoms with Crippen molar-refractivity contribution in [3.05, 3.63) is 65.2 Å². The first-order chi connectivity index (χ1) is 15.9. The Labute approximate surface area is 198 Å². The number of nitrogens with zero attached hydrogens (tertiary/aromatic N) is 3. The van der Waals surface area contributed by atoms with Crippen LogP contribution in [0.15, 0.2) is 48.5 Å². The summed E-state index contributed by atoms with van der Waals surface area (Å²) >= 11 is 0. The number of rotatable bonds is 6. The summed E-state index contributed by atoms with van der Waals surface area (Å²) in [6.45, 7) is 7.15. The summed E-state index contributed by atoms with van der Waals surface area (Å²) in [6, 6.07) is 16.6. The fourth-order valence-corrected chi connectivity index (χ4v) is 5.82. The average Bonchev–Trinajstić information content (AvgIpc) is 3.13. The van der Waals surface area contributed by atoms with E-state index in [9.17, 15) is 9.59 Å². The van der Waals surface area contributed by atoms with Crippen LogP contribution in [0, 0.1) is 0 Å². The molecule has 1 atom stereocenters. The van der Waals surface area contributed by atoms with E-state index in [0.717, 1.165) is 56.7 Å². The third-order valence-electron chi connectivity index (χ3n) is 7.78. The number of carbonyl (C=O) groups excluding carboxylic acids is 2. The molecule has 0 radical (unpaired) electrons. The van der Waals surface area contributed by atoms with Crippen LogP contribution in [0.25, 0.3) is 0 Å². The van der Waals surface area contributed by atoms with Gasteiger partial charge in [0.15, 0.2) is 0 Å². The Kier molecular flexibility index (Phi) is 6.78. The lowest BCUT2D eigenvalue weighted by Crippen LogP contribution is -2.44. The molecule has 5 nitrogen and oxygen atoms in total. The number of anilines is 1. The zero-order valence-corrected chi connectivity index (χ0v) is 20.5. The summed E-state index contributed by atoms with van der Waals surface area (Å²) in [7, 11) is 4.01. The Morgan fingerprint density at radius 1 is 0.970 bits per heavy atom. The molecule has 0 bridgehead atoms. The van der Waals surface area contributed by atoms with E-state index in [1.165, 1.54) is 11.1 Å². The minimum atomic E-state index is 0.0797. The molecular formula is C28H37N3O2. The van der Waals surface area contributed by atoms with Crippen molar-refractivity contribution in [3.63, 3.8) is 0 Å². The highest BCUT2D eigenvalue weighted by atomic mass is 16.2. The SMILES string of the molecule is CCN(CC)C(=O)CC1CC2(CCN(C(=O)c3ccc(N(C)C)cc3)CC2)c2ccccc21. The topological polar surface area (TPSA) is 43.9 Å². The molecule has 2 aliphatic rings. The molecule has 0 aromatic heterocycles. The first kappa shape index (κ1) is 23.3. The summed E-state index contributed by atoms with van der Waals surface area (Å²) in [6.07, 6.45) is 3.52.